The highest BCUT2D eigenvalue weighted by atomic mass is 16.5. The molecule has 7 heteroatoms. The molecule has 0 aliphatic carbocycles. The van der Waals surface area contributed by atoms with Crippen molar-refractivity contribution >= 4 is 17.8 Å². The highest BCUT2D eigenvalue weighted by Crippen LogP contribution is 2.04. The van der Waals surface area contributed by atoms with Gasteiger partial charge in [0.05, 0.1) is 13.2 Å². The molecule has 1 amide bonds. The van der Waals surface area contributed by atoms with Crippen LogP contribution in [0.25, 0.3) is 0 Å². The highest BCUT2D eigenvalue weighted by molar-refractivity contribution is 5.92. The second kappa shape index (κ2) is 7.78. The Balaban J connectivity index is 2.30. The number of amides is 1. The molecule has 0 spiro atoms. The maximum atomic E-state index is 11.3. The fourth-order valence-electron chi connectivity index (χ4n) is 1.38. The molecule has 1 aliphatic rings. The van der Waals surface area contributed by atoms with E-state index in [1.807, 2.05) is 0 Å². The lowest BCUT2D eigenvalue weighted by Crippen LogP contribution is -2.35. The van der Waals surface area contributed by atoms with Gasteiger partial charge in [0.2, 0.25) is 0 Å². The third-order valence-corrected chi connectivity index (χ3v) is 2.15. The highest BCUT2D eigenvalue weighted by Gasteiger charge is 2.11. The molecule has 20 heavy (non-hydrogen) atoms. The number of esters is 2. The van der Waals surface area contributed by atoms with E-state index in [2.05, 4.69) is 21.9 Å². The van der Waals surface area contributed by atoms with E-state index in [9.17, 15) is 14.4 Å². The quantitative estimate of drug-likeness (QED) is 0.530. The van der Waals surface area contributed by atoms with Gasteiger partial charge in [0.1, 0.15) is 5.82 Å². The lowest BCUT2D eigenvalue weighted by atomic mass is 10.2. The molecule has 7 nitrogen and oxygen atoms in total. The van der Waals surface area contributed by atoms with Gasteiger partial charge < -0.3 is 20.1 Å². The molecule has 0 unspecified atom stereocenters. The molecule has 0 fully saturated rings. The van der Waals surface area contributed by atoms with Crippen LogP contribution in [0.1, 0.15) is 13.3 Å². The van der Waals surface area contributed by atoms with Gasteiger partial charge in [-0.1, -0.05) is 6.58 Å². The SMILES string of the molecule is C=C1NC(=O)C=C(CCOC(=O)/C=C/C(=O)OCC)N1. The third kappa shape index (κ3) is 5.85. The Morgan fingerprint density at radius 3 is 2.50 bits per heavy atom. The summed E-state index contributed by atoms with van der Waals surface area (Å²) in [5.41, 5.74) is 0.598. The number of carbonyl (C=O) groups is 3. The van der Waals surface area contributed by atoms with Crippen molar-refractivity contribution < 1.29 is 23.9 Å². The van der Waals surface area contributed by atoms with Crippen LogP contribution in [-0.2, 0) is 23.9 Å². The van der Waals surface area contributed by atoms with Gasteiger partial charge in [0.25, 0.3) is 5.91 Å². The molecule has 0 aromatic carbocycles. The number of hydrogen-bond donors (Lipinski definition) is 2. The summed E-state index contributed by atoms with van der Waals surface area (Å²) in [6, 6.07) is 0. The second-order valence-corrected chi connectivity index (χ2v) is 3.77. The second-order valence-electron chi connectivity index (χ2n) is 3.77. The third-order valence-electron chi connectivity index (χ3n) is 2.15. The Morgan fingerprint density at radius 2 is 1.90 bits per heavy atom. The molecule has 1 heterocycles. The fraction of sp³-hybridized carbons (Fsp3) is 0.308. The standard InChI is InChI=1S/C13H16N2O5/c1-3-19-12(17)4-5-13(18)20-7-6-10-8-11(16)15-9(2)14-10/h4-5,8,14H,2-3,6-7H2,1H3,(H,15,16)/b5-4+. The molecule has 0 aromatic rings. The van der Waals surface area contributed by atoms with Crippen LogP contribution < -0.4 is 10.6 Å². The summed E-state index contributed by atoms with van der Waals surface area (Å²) in [5, 5.41) is 5.30. The Morgan fingerprint density at radius 1 is 1.25 bits per heavy atom. The Labute approximate surface area is 116 Å². The van der Waals surface area contributed by atoms with Crippen molar-refractivity contribution in [3.8, 4) is 0 Å². The first kappa shape index (κ1) is 15.5. The number of rotatable bonds is 6. The summed E-state index contributed by atoms with van der Waals surface area (Å²) >= 11 is 0. The van der Waals surface area contributed by atoms with Crippen LogP contribution in [0.5, 0.6) is 0 Å². The maximum absolute atomic E-state index is 11.3. The van der Waals surface area contributed by atoms with Gasteiger partial charge in [-0.2, -0.15) is 0 Å². The summed E-state index contributed by atoms with van der Waals surface area (Å²) in [6.07, 6.45) is 3.69. The predicted molar refractivity (Wildman–Crippen MR) is 69.9 cm³/mol. The van der Waals surface area contributed by atoms with Crippen molar-refractivity contribution in [1.29, 1.82) is 0 Å². The smallest absolute Gasteiger partial charge is 0.331 e. The first-order chi connectivity index (χ1) is 9.51. The normalized spacial score (nSPS) is 14.3. The largest absolute Gasteiger partial charge is 0.463 e. The number of carbonyl (C=O) groups excluding carboxylic acids is 3. The average molecular weight is 280 g/mol. The van der Waals surface area contributed by atoms with E-state index >= 15 is 0 Å². The van der Waals surface area contributed by atoms with Gasteiger partial charge >= 0.3 is 11.9 Å². The molecule has 1 rings (SSSR count). The van der Waals surface area contributed by atoms with Crippen molar-refractivity contribution in [3.05, 3.63) is 36.3 Å². The summed E-state index contributed by atoms with van der Waals surface area (Å²) in [5.74, 6) is -1.16. The molecule has 0 atom stereocenters. The topological polar surface area (TPSA) is 93.7 Å². The van der Waals surface area contributed by atoms with Crippen LogP contribution in [0, 0.1) is 0 Å². The van der Waals surface area contributed by atoms with Gasteiger partial charge in [-0.05, 0) is 6.92 Å². The Bertz CT molecular complexity index is 479. The van der Waals surface area contributed by atoms with Crippen LogP contribution >= 0.6 is 0 Å². The molecular formula is C13H16N2O5. The molecule has 0 saturated carbocycles. The zero-order valence-electron chi connectivity index (χ0n) is 11.1. The van der Waals surface area contributed by atoms with Gasteiger partial charge in [-0.25, -0.2) is 9.59 Å². The minimum atomic E-state index is -0.655. The first-order valence-corrected chi connectivity index (χ1v) is 6.00. The zero-order chi connectivity index (χ0) is 15.0. The van der Waals surface area contributed by atoms with E-state index < -0.39 is 11.9 Å². The number of hydrogen-bond acceptors (Lipinski definition) is 6. The minimum Gasteiger partial charge on any atom is -0.463 e. The van der Waals surface area contributed by atoms with Crippen LogP contribution in [0.4, 0.5) is 0 Å². The van der Waals surface area contributed by atoms with E-state index in [0.717, 1.165) is 12.2 Å². The van der Waals surface area contributed by atoms with Crippen molar-refractivity contribution in [2.45, 2.75) is 13.3 Å². The van der Waals surface area contributed by atoms with Crippen molar-refractivity contribution in [2.24, 2.45) is 0 Å². The van der Waals surface area contributed by atoms with E-state index in [1.54, 1.807) is 6.92 Å². The number of nitrogens with one attached hydrogen (secondary N) is 2. The lowest BCUT2D eigenvalue weighted by Gasteiger charge is -2.18. The Kier molecular flexibility index (Phi) is 6.02. The molecule has 0 aromatic heterocycles. The van der Waals surface area contributed by atoms with Gasteiger partial charge in [0, 0.05) is 30.3 Å². The maximum Gasteiger partial charge on any atom is 0.331 e. The predicted octanol–water partition coefficient (Wildman–Crippen LogP) is 0.113. The van der Waals surface area contributed by atoms with E-state index in [0.29, 0.717) is 17.9 Å². The fourth-order valence-corrected chi connectivity index (χ4v) is 1.38. The molecule has 108 valence electrons. The molecule has 0 radical (unpaired) electrons. The van der Waals surface area contributed by atoms with Crippen LogP contribution in [0.3, 0.4) is 0 Å². The van der Waals surface area contributed by atoms with Crippen LogP contribution in [0.15, 0.2) is 36.3 Å². The van der Waals surface area contributed by atoms with E-state index in [-0.39, 0.29) is 19.1 Å². The zero-order valence-corrected chi connectivity index (χ0v) is 11.1. The molecule has 2 N–H and O–H groups in total. The van der Waals surface area contributed by atoms with Gasteiger partial charge in [-0.3, -0.25) is 4.79 Å². The van der Waals surface area contributed by atoms with Gasteiger partial charge in [0.15, 0.2) is 0 Å². The molecule has 0 saturated heterocycles. The van der Waals surface area contributed by atoms with Crippen molar-refractivity contribution in [1.82, 2.24) is 10.6 Å². The lowest BCUT2D eigenvalue weighted by molar-refractivity contribution is -0.140. The summed E-state index contributed by atoms with van der Waals surface area (Å²) in [6.45, 7) is 5.55. The van der Waals surface area contributed by atoms with E-state index in [1.165, 1.54) is 6.08 Å². The first-order valence-electron chi connectivity index (χ1n) is 6.00. The van der Waals surface area contributed by atoms with Gasteiger partial charge in [-0.15, -0.1) is 0 Å². The summed E-state index contributed by atoms with van der Waals surface area (Å²) in [4.78, 5) is 33.4. The minimum absolute atomic E-state index is 0.0748. The summed E-state index contributed by atoms with van der Waals surface area (Å²) in [7, 11) is 0. The van der Waals surface area contributed by atoms with E-state index in [4.69, 9.17) is 4.74 Å². The monoisotopic (exact) mass is 280 g/mol. The van der Waals surface area contributed by atoms with Crippen molar-refractivity contribution in [2.75, 3.05) is 13.2 Å². The average Bonchev–Trinajstić information content (AvgIpc) is 2.35. The molecule has 0 bridgehead atoms. The number of ether oxygens (including phenoxy) is 2. The van der Waals surface area contributed by atoms with Crippen LogP contribution in [-0.4, -0.2) is 31.1 Å². The molecular weight excluding hydrogens is 264 g/mol. The summed E-state index contributed by atoms with van der Waals surface area (Å²) < 4.78 is 9.48. The van der Waals surface area contributed by atoms with Crippen LogP contribution in [0.2, 0.25) is 0 Å². The Hall–Kier alpha value is -2.57. The van der Waals surface area contributed by atoms with Crippen molar-refractivity contribution in [3.63, 3.8) is 0 Å². The molecule has 1 aliphatic heterocycles.